The van der Waals surface area contributed by atoms with E-state index < -0.39 is 18.5 Å². The van der Waals surface area contributed by atoms with E-state index in [-0.39, 0.29) is 6.42 Å². The van der Waals surface area contributed by atoms with Crippen LogP contribution in [-0.4, -0.2) is 28.7 Å². The van der Waals surface area contributed by atoms with Gasteiger partial charge in [-0.1, -0.05) is 6.92 Å². The molecule has 0 saturated heterocycles. The van der Waals surface area contributed by atoms with Crippen LogP contribution in [-0.2, 0) is 9.59 Å². The van der Waals surface area contributed by atoms with E-state index in [4.69, 9.17) is 10.2 Å². The van der Waals surface area contributed by atoms with Crippen molar-refractivity contribution in [3.8, 4) is 0 Å². The van der Waals surface area contributed by atoms with Crippen LogP contribution in [0.5, 0.6) is 0 Å². The van der Waals surface area contributed by atoms with Gasteiger partial charge in [-0.15, -0.1) is 0 Å². The van der Waals surface area contributed by atoms with Gasteiger partial charge >= 0.3 is 5.97 Å². The molecule has 0 aliphatic rings. The van der Waals surface area contributed by atoms with Gasteiger partial charge in [-0.25, -0.2) is 0 Å². The minimum atomic E-state index is -0.745. The summed E-state index contributed by atoms with van der Waals surface area (Å²) in [7, 11) is 0. The number of nitrogens with two attached hydrogens (primary N) is 1. The Morgan fingerprint density at radius 2 is 1.70 bits per heavy atom. The minimum Gasteiger partial charge on any atom is -0.481 e. The highest BCUT2D eigenvalue weighted by molar-refractivity contribution is 5.74. The van der Waals surface area contributed by atoms with E-state index in [1.165, 1.54) is 0 Å². The van der Waals surface area contributed by atoms with E-state index in [0.29, 0.717) is 0 Å². The molecule has 60 valence electrons. The van der Waals surface area contributed by atoms with Gasteiger partial charge in [0, 0.05) is 6.42 Å². The number of aliphatic carboxylic acids is 1. The van der Waals surface area contributed by atoms with Gasteiger partial charge in [0.1, 0.15) is 6.61 Å². The molecule has 10 heavy (non-hydrogen) atoms. The molecule has 5 heteroatoms. The van der Waals surface area contributed by atoms with E-state index in [9.17, 15) is 9.59 Å². The molecule has 0 spiro atoms. The van der Waals surface area contributed by atoms with Crippen molar-refractivity contribution in [2.45, 2.75) is 13.3 Å². The normalized spacial score (nSPS) is 7.40. The third-order valence-corrected chi connectivity index (χ3v) is 0.458. The summed E-state index contributed by atoms with van der Waals surface area (Å²) >= 11 is 0. The molecule has 0 aromatic heterocycles. The summed E-state index contributed by atoms with van der Waals surface area (Å²) in [6, 6.07) is 0. The zero-order valence-electron chi connectivity index (χ0n) is 5.70. The second-order valence-corrected chi connectivity index (χ2v) is 1.37. The number of carboxylic acid groups (broad SMARTS) is 1. The number of rotatable bonds is 2. The van der Waals surface area contributed by atoms with Crippen LogP contribution < -0.4 is 5.73 Å². The zero-order valence-corrected chi connectivity index (χ0v) is 5.70. The molecular formula is C5H11NO4. The van der Waals surface area contributed by atoms with Crippen molar-refractivity contribution in [2.75, 3.05) is 6.61 Å². The Morgan fingerprint density at radius 3 is 1.70 bits per heavy atom. The summed E-state index contributed by atoms with van der Waals surface area (Å²) in [5.41, 5.74) is 4.40. The van der Waals surface area contributed by atoms with Crippen molar-refractivity contribution < 1.29 is 19.8 Å². The van der Waals surface area contributed by atoms with Crippen molar-refractivity contribution >= 4 is 11.9 Å². The van der Waals surface area contributed by atoms with Crippen molar-refractivity contribution in [1.82, 2.24) is 0 Å². The molecule has 0 bridgehead atoms. The fraction of sp³-hybridized carbons (Fsp3) is 0.600. The molecule has 0 aromatic rings. The molecule has 0 aliphatic carbocycles. The number of amides is 1. The predicted molar refractivity (Wildman–Crippen MR) is 34.2 cm³/mol. The second kappa shape index (κ2) is 7.90. The van der Waals surface area contributed by atoms with Crippen LogP contribution in [0.4, 0.5) is 0 Å². The molecule has 0 rings (SSSR count). The number of hydrogen-bond donors (Lipinski definition) is 3. The maximum Gasteiger partial charge on any atom is 0.303 e. The Labute approximate surface area is 58.5 Å². The van der Waals surface area contributed by atoms with Crippen LogP contribution in [0.1, 0.15) is 13.3 Å². The van der Waals surface area contributed by atoms with E-state index in [1.54, 1.807) is 6.92 Å². The van der Waals surface area contributed by atoms with Gasteiger partial charge in [0.2, 0.25) is 5.91 Å². The highest BCUT2D eigenvalue weighted by Gasteiger charge is 1.80. The molecule has 5 nitrogen and oxygen atoms in total. The van der Waals surface area contributed by atoms with Gasteiger partial charge in [-0.3, -0.25) is 9.59 Å². The monoisotopic (exact) mass is 149 g/mol. The number of carbonyl (C=O) groups excluding carboxylic acids is 1. The third kappa shape index (κ3) is 28.6. The molecule has 1 amide bonds. The second-order valence-electron chi connectivity index (χ2n) is 1.37. The summed E-state index contributed by atoms with van der Waals surface area (Å²) in [4.78, 5) is 18.7. The van der Waals surface area contributed by atoms with Gasteiger partial charge in [-0.05, 0) is 0 Å². The molecule has 0 atom stereocenters. The van der Waals surface area contributed by atoms with Crippen LogP contribution >= 0.6 is 0 Å². The van der Waals surface area contributed by atoms with Gasteiger partial charge in [0.25, 0.3) is 0 Å². The first-order chi connectivity index (χ1) is 4.54. The molecular weight excluding hydrogens is 138 g/mol. The van der Waals surface area contributed by atoms with Gasteiger partial charge in [0.15, 0.2) is 0 Å². The van der Waals surface area contributed by atoms with Crippen molar-refractivity contribution in [2.24, 2.45) is 5.73 Å². The largest absolute Gasteiger partial charge is 0.481 e. The molecule has 0 unspecified atom stereocenters. The first kappa shape index (κ1) is 11.7. The molecule has 0 aliphatic heterocycles. The average Bonchev–Trinajstić information content (AvgIpc) is 1.89. The number of carboxylic acids is 1. The number of hydrogen-bond acceptors (Lipinski definition) is 3. The Bertz CT molecular complexity index is 98.2. The van der Waals surface area contributed by atoms with Crippen LogP contribution in [0, 0.1) is 0 Å². The van der Waals surface area contributed by atoms with E-state index in [0.717, 1.165) is 0 Å². The van der Waals surface area contributed by atoms with Gasteiger partial charge in [0.05, 0.1) is 0 Å². The number of aliphatic hydroxyl groups is 1. The van der Waals surface area contributed by atoms with Gasteiger partial charge < -0.3 is 15.9 Å². The quantitative estimate of drug-likeness (QED) is 0.466. The lowest BCUT2D eigenvalue weighted by molar-refractivity contribution is -0.136. The number of aliphatic hydroxyl groups excluding tert-OH is 1. The van der Waals surface area contributed by atoms with Crippen molar-refractivity contribution in [3.63, 3.8) is 0 Å². The molecule has 0 heterocycles. The van der Waals surface area contributed by atoms with E-state index in [2.05, 4.69) is 5.73 Å². The average molecular weight is 149 g/mol. The smallest absolute Gasteiger partial charge is 0.303 e. The van der Waals surface area contributed by atoms with Crippen LogP contribution in [0.25, 0.3) is 0 Å². The molecule has 4 N–H and O–H groups in total. The summed E-state index contributed by atoms with van der Waals surface area (Å²) in [6.45, 7) is 1.04. The Hall–Kier alpha value is -1.10. The first-order valence-electron chi connectivity index (χ1n) is 2.65. The summed E-state index contributed by atoms with van der Waals surface area (Å²) < 4.78 is 0. The maximum absolute atomic E-state index is 9.37. The fourth-order valence-electron chi connectivity index (χ4n) is 0. The zero-order chi connectivity index (χ0) is 8.57. The molecule has 0 radical (unpaired) electrons. The lowest BCUT2D eigenvalue weighted by atomic mass is 10.5. The topological polar surface area (TPSA) is 101 Å². The Balaban J connectivity index is 0. The standard InChI is InChI=1S/C3H6O2.C2H5NO2/c1-2-3(4)5;3-2(5)1-4/h2H2,1H3,(H,4,5);4H,1H2,(H2,3,5). The van der Waals surface area contributed by atoms with Crippen LogP contribution in [0.15, 0.2) is 0 Å². The van der Waals surface area contributed by atoms with Crippen molar-refractivity contribution in [1.29, 1.82) is 0 Å². The van der Waals surface area contributed by atoms with Crippen LogP contribution in [0.2, 0.25) is 0 Å². The Kier molecular flexibility index (Phi) is 9.22. The first-order valence-corrected chi connectivity index (χ1v) is 2.65. The highest BCUT2D eigenvalue weighted by Crippen LogP contribution is 1.67. The van der Waals surface area contributed by atoms with Crippen molar-refractivity contribution in [3.05, 3.63) is 0 Å². The lowest BCUT2D eigenvalue weighted by Crippen LogP contribution is -2.14. The fourth-order valence-corrected chi connectivity index (χ4v) is 0. The van der Waals surface area contributed by atoms with E-state index >= 15 is 0 Å². The minimum absolute atomic E-state index is 0.222. The molecule has 0 saturated carbocycles. The summed E-state index contributed by atoms with van der Waals surface area (Å²) in [6.07, 6.45) is 0.222. The molecule has 0 fully saturated rings. The summed E-state index contributed by atoms with van der Waals surface area (Å²) in [5, 5.41) is 15.4. The number of primary amides is 1. The lowest BCUT2D eigenvalue weighted by Gasteiger charge is -1.73. The predicted octanol–water partition coefficient (Wildman–Crippen LogP) is -1.05. The highest BCUT2D eigenvalue weighted by atomic mass is 16.4. The van der Waals surface area contributed by atoms with Gasteiger partial charge in [-0.2, -0.15) is 0 Å². The maximum atomic E-state index is 9.37. The SMILES string of the molecule is CCC(=O)O.NC(=O)CO. The molecule has 0 aromatic carbocycles. The third-order valence-electron chi connectivity index (χ3n) is 0.458. The summed E-state index contributed by atoms with van der Waals surface area (Å²) in [5.74, 6) is -1.44. The number of carbonyl (C=O) groups is 2. The van der Waals surface area contributed by atoms with Crippen LogP contribution in [0.3, 0.4) is 0 Å². The Morgan fingerprint density at radius 1 is 1.50 bits per heavy atom. The van der Waals surface area contributed by atoms with E-state index in [1.807, 2.05) is 0 Å².